The number of Topliss-reactive ketones (excluding diaryl/α,β-unsaturated/α-hetero) is 1. The highest BCUT2D eigenvalue weighted by molar-refractivity contribution is 5.79. The molecule has 0 spiro atoms. The summed E-state index contributed by atoms with van der Waals surface area (Å²) in [5.74, 6) is -0.198. The van der Waals surface area contributed by atoms with Gasteiger partial charge in [0.05, 0.1) is 6.61 Å². The molecule has 76 valence electrons. The van der Waals surface area contributed by atoms with Crippen LogP contribution in [0, 0.1) is 0 Å². The fourth-order valence-corrected chi connectivity index (χ4v) is 0.970. The van der Waals surface area contributed by atoms with Crippen LogP contribution in [0.5, 0.6) is 0 Å². The Kier molecular flexibility index (Phi) is 6.14. The van der Waals surface area contributed by atoms with Crippen molar-refractivity contribution in [3.63, 3.8) is 0 Å². The van der Waals surface area contributed by atoms with Crippen molar-refractivity contribution in [2.24, 2.45) is 0 Å². The van der Waals surface area contributed by atoms with Gasteiger partial charge < -0.3 is 14.8 Å². The van der Waals surface area contributed by atoms with E-state index in [-0.39, 0.29) is 17.8 Å². The van der Waals surface area contributed by atoms with Crippen molar-refractivity contribution < 1.29 is 14.3 Å². The molecule has 0 rings (SSSR count). The Bertz CT molecular complexity index is 180. The minimum absolute atomic E-state index is 0.0875. The van der Waals surface area contributed by atoms with Crippen molar-refractivity contribution in [1.82, 2.24) is 5.32 Å². The van der Waals surface area contributed by atoms with Gasteiger partial charge in [0.2, 0.25) is 0 Å². The van der Waals surface area contributed by atoms with Crippen LogP contribution in [0.4, 0.5) is 0 Å². The summed E-state index contributed by atoms with van der Waals surface area (Å²) in [6, 6.07) is -0.358. The number of hydrogen-bond acceptors (Lipinski definition) is 4. The zero-order valence-electron chi connectivity index (χ0n) is 8.42. The molecule has 0 aliphatic rings. The highest BCUT2D eigenvalue weighted by atomic mass is 16.5. The zero-order valence-corrected chi connectivity index (χ0v) is 8.42. The van der Waals surface area contributed by atoms with Crippen LogP contribution in [0.15, 0.2) is 0 Å². The molecule has 13 heavy (non-hydrogen) atoms. The molecule has 0 aliphatic heterocycles. The van der Waals surface area contributed by atoms with Gasteiger partial charge in [0.1, 0.15) is 11.8 Å². The molecular formula is C9H17NO3. The molecule has 0 unspecified atom stereocenters. The summed E-state index contributed by atoms with van der Waals surface area (Å²) in [4.78, 5) is 21.9. The second-order valence-electron chi connectivity index (χ2n) is 2.83. The Labute approximate surface area is 78.6 Å². The quantitative estimate of drug-likeness (QED) is 0.615. The maximum Gasteiger partial charge on any atom is 0.323 e. The molecule has 1 atom stereocenters. The molecule has 0 bridgehead atoms. The molecule has 0 heterocycles. The first-order valence-electron chi connectivity index (χ1n) is 4.45. The number of esters is 1. The molecule has 0 aromatic heterocycles. The highest BCUT2D eigenvalue weighted by Gasteiger charge is 2.17. The number of carbonyl (C=O) groups is 2. The summed E-state index contributed by atoms with van der Waals surface area (Å²) in [7, 11) is 1.68. The lowest BCUT2D eigenvalue weighted by Crippen LogP contribution is -2.35. The first-order valence-corrected chi connectivity index (χ1v) is 4.45. The lowest BCUT2D eigenvalue weighted by Gasteiger charge is -2.13. The fourth-order valence-electron chi connectivity index (χ4n) is 0.970. The van der Waals surface area contributed by atoms with Crippen LogP contribution in [0.2, 0.25) is 0 Å². The van der Waals surface area contributed by atoms with E-state index in [2.05, 4.69) is 5.32 Å². The molecule has 1 N–H and O–H groups in total. The summed E-state index contributed by atoms with van der Waals surface area (Å²) < 4.78 is 4.81. The Morgan fingerprint density at radius 1 is 1.46 bits per heavy atom. The van der Waals surface area contributed by atoms with E-state index in [9.17, 15) is 9.59 Å². The lowest BCUT2D eigenvalue weighted by atomic mass is 10.1. The predicted octanol–water partition coefficient (Wildman–Crippen LogP) is 0.507. The number of nitrogens with one attached hydrogen (secondary N) is 1. The van der Waals surface area contributed by atoms with Crippen molar-refractivity contribution >= 4 is 11.8 Å². The van der Waals surface area contributed by atoms with Gasteiger partial charge in [0.25, 0.3) is 0 Å². The summed E-state index contributed by atoms with van der Waals surface area (Å²) >= 11 is 0. The van der Waals surface area contributed by atoms with E-state index in [4.69, 9.17) is 4.74 Å². The van der Waals surface area contributed by atoms with Crippen molar-refractivity contribution in [2.75, 3.05) is 13.7 Å². The summed E-state index contributed by atoms with van der Waals surface area (Å²) in [6.45, 7) is 3.64. The Morgan fingerprint density at radius 2 is 2.08 bits per heavy atom. The Hall–Kier alpha value is -0.900. The smallest absolute Gasteiger partial charge is 0.323 e. The maximum atomic E-state index is 11.2. The maximum absolute atomic E-state index is 11.2. The van der Waals surface area contributed by atoms with Crippen LogP contribution in [-0.2, 0) is 14.3 Å². The number of carbonyl (C=O) groups excluding carboxylic acids is 2. The summed E-state index contributed by atoms with van der Waals surface area (Å²) in [6.07, 6.45) is 0.912. The SMILES string of the molecule is CCOC(=O)[C@H](CCC(C)=O)NC. The molecule has 0 saturated carbocycles. The van der Waals surface area contributed by atoms with E-state index in [1.807, 2.05) is 0 Å². The molecule has 0 aromatic rings. The lowest BCUT2D eigenvalue weighted by molar-refractivity contribution is -0.145. The topological polar surface area (TPSA) is 55.4 Å². The molecular weight excluding hydrogens is 170 g/mol. The second kappa shape index (κ2) is 6.60. The number of hydrogen-bond donors (Lipinski definition) is 1. The Balaban J connectivity index is 3.87. The Morgan fingerprint density at radius 3 is 2.46 bits per heavy atom. The number of ketones is 1. The van der Waals surface area contributed by atoms with Gasteiger partial charge in [-0.2, -0.15) is 0 Å². The van der Waals surface area contributed by atoms with Gasteiger partial charge in [-0.25, -0.2) is 0 Å². The van der Waals surface area contributed by atoms with E-state index in [0.717, 1.165) is 0 Å². The standard InChI is InChI=1S/C9H17NO3/c1-4-13-9(12)8(10-3)6-5-7(2)11/h8,10H,4-6H2,1-3H3/t8-/m0/s1. The van der Waals surface area contributed by atoms with E-state index >= 15 is 0 Å². The first-order chi connectivity index (χ1) is 6.11. The van der Waals surface area contributed by atoms with Gasteiger partial charge in [-0.3, -0.25) is 4.79 Å². The van der Waals surface area contributed by atoms with Gasteiger partial charge in [-0.05, 0) is 27.3 Å². The molecule has 4 nitrogen and oxygen atoms in total. The molecule has 4 heteroatoms. The first kappa shape index (κ1) is 12.1. The van der Waals surface area contributed by atoms with E-state index < -0.39 is 0 Å². The molecule has 0 radical (unpaired) electrons. The van der Waals surface area contributed by atoms with Crippen molar-refractivity contribution in [3.05, 3.63) is 0 Å². The normalized spacial score (nSPS) is 12.2. The third-order valence-corrected chi connectivity index (χ3v) is 1.70. The number of rotatable bonds is 6. The van der Waals surface area contributed by atoms with Crippen LogP contribution in [0.1, 0.15) is 26.7 Å². The van der Waals surface area contributed by atoms with Gasteiger partial charge >= 0.3 is 5.97 Å². The third kappa shape index (κ3) is 5.36. The van der Waals surface area contributed by atoms with Crippen LogP contribution >= 0.6 is 0 Å². The molecule has 0 saturated heterocycles. The highest BCUT2D eigenvalue weighted by Crippen LogP contribution is 2.00. The molecule has 0 aromatic carbocycles. The number of likely N-dealkylation sites (N-methyl/N-ethyl adjacent to an activating group) is 1. The molecule has 0 amide bonds. The fraction of sp³-hybridized carbons (Fsp3) is 0.778. The number of ether oxygens (including phenoxy) is 1. The molecule has 0 fully saturated rings. The summed E-state index contributed by atoms with van der Waals surface area (Å²) in [5, 5.41) is 2.82. The second-order valence-corrected chi connectivity index (χ2v) is 2.83. The third-order valence-electron chi connectivity index (χ3n) is 1.70. The van der Waals surface area contributed by atoms with E-state index in [1.54, 1.807) is 14.0 Å². The predicted molar refractivity (Wildman–Crippen MR) is 49.4 cm³/mol. The van der Waals surface area contributed by atoms with Crippen molar-refractivity contribution in [1.29, 1.82) is 0 Å². The van der Waals surface area contributed by atoms with Crippen LogP contribution in [-0.4, -0.2) is 31.4 Å². The summed E-state index contributed by atoms with van der Waals surface area (Å²) in [5.41, 5.74) is 0. The van der Waals surface area contributed by atoms with Crippen molar-refractivity contribution in [2.45, 2.75) is 32.7 Å². The average Bonchev–Trinajstić information content (AvgIpc) is 2.05. The van der Waals surface area contributed by atoms with Gasteiger partial charge in [0, 0.05) is 6.42 Å². The van der Waals surface area contributed by atoms with E-state index in [1.165, 1.54) is 6.92 Å². The van der Waals surface area contributed by atoms with Gasteiger partial charge in [-0.1, -0.05) is 0 Å². The monoisotopic (exact) mass is 187 g/mol. The zero-order chi connectivity index (χ0) is 10.3. The minimum atomic E-state index is -0.358. The van der Waals surface area contributed by atoms with Crippen LogP contribution in [0.3, 0.4) is 0 Å². The van der Waals surface area contributed by atoms with Crippen LogP contribution < -0.4 is 5.32 Å². The van der Waals surface area contributed by atoms with Crippen LogP contribution in [0.25, 0.3) is 0 Å². The van der Waals surface area contributed by atoms with Gasteiger partial charge in [0.15, 0.2) is 0 Å². The largest absolute Gasteiger partial charge is 0.465 e. The molecule has 0 aliphatic carbocycles. The average molecular weight is 187 g/mol. The van der Waals surface area contributed by atoms with E-state index in [0.29, 0.717) is 19.4 Å². The minimum Gasteiger partial charge on any atom is -0.465 e. The van der Waals surface area contributed by atoms with Gasteiger partial charge in [-0.15, -0.1) is 0 Å². The van der Waals surface area contributed by atoms with Crippen molar-refractivity contribution in [3.8, 4) is 0 Å².